The number of rotatable bonds is 5. The van der Waals surface area contributed by atoms with Crippen LogP contribution in [0, 0.1) is 10.1 Å². The quantitative estimate of drug-likeness (QED) is 0.412. The molecule has 0 saturated heterocycles. The Kier molecular flexibility index (Phi) is 6.14. The second-order valence-electron chi connectivity index (χ2n) is 5.16. The number of benzene rings is 2. The fourth-order valence-electron chi connectivity index (χ4n) is 2.01. The molecule has 0 saturated carbocycles. The summed E-state index contributed by atoms with van der Waals surface area (Å²) in [5.74, 6) is -0.686. The van der Waals surface area contributed by atoms with E-state index >= 15 is 0 Å². The lowest BCUT2D eigenvalue weighted by Crippen LogP contribution is -2.24. The number of anilines is 1. The second-order valence-corrected chi connectivity index (χ2v) is 6.95. The van der Waals surface area contributed by atoms with Gasteiger partial charge in [0.25, 0.3) is 5.69 Å². The average molecular weight is 405 g/mol. The topological polar surface area (TPSA) is 72.2 Å². The Balaban J connectivity index is 2.22. The SMILES string of the molecule is C[C@@H](Sc1ccccc1Cl)C(=O)Nc1ccc([N+](=O)[O-])cc1C(F)(F)F. The highest BCUT2D eigenvalue weighted by Crippen LogP contribution is 2.37. The van der Waals surface area contributed by atoms with Crippen LogP contribution in [0.1, 0.15) is 12.5 Å². The fourth-order valence-corrected chi connectivity index (χ4v) is 3.16. The summed E-state index contributed by atoms with van der Waals surface area (Å²) in [6.07, 6.45) is -4.85. The molecular formula is C16H12ClF3N2O3S. The van der Waals surface area contributed by atoms with Crippen LogP contribution in [0.5, 0.6) is 0 Å². The van der Waals surface area contributed by atoms with Gasteiger partial charge in [-0.3, -0.25) is 14.9 Å². The zero-order valence-corrected chi connectivity index (χ0v) is 14.8. The van der Waals surface area contributed by atoms with Gasteiger partial charge in [-0.25, -0.2) is 0 Å². The van der Waals surface area contributed by atoms with Gasteiger partial charge >= 0.3 is 6.18 Å². The largest absolute Gasteiger partial charge is 0.418 e. The number of nitrogens with one attached hydrogen (secondary N) is 1. The first-order valence-corrected chi connectivity index (χ1v) is 8.43. The third-order valence-corrected chi connectivity index (χ3v) is 4.91. The van der Waals surface area contributed by atoms with E-state index in [1.54, 1.807) is 24.3 Å². The van der Waals surface area contributed by atoms with Crippen molar-refractivity contribution >= 4 is 40.6 Å². The second kappa shape index (κ2) is 7.96. The van der Waals surface area contributed by atoms with E-state index in [4.69, 9.17) is 11.6 Å². The summed E-state index contributed by atoms with van der Waals surface area (Å²) >= 11 is 7.09. The highest BCUT2D eigenvalue weighted by Gasteiger charge is 2.36. The standard InChI is InChI=1S/C16H12ClF3N2O3S/c1-9(26-14-5-3-2-4-12(14)17)15(23)21-13-7-6-10(22(24)25)8-11(13)16(18,19)20/h2-9H,1H3,(H,21,23)/t9-/m1/s1. The van der Waals surface area contributed by atoms with Gasteiger partial charge in [0.2, 0.25) is 5.91 Å². The van der Waals surface area contributed by atoms with Gasteiger partial charge < -0.3 is 5.32 Å². The molecule has 0 aliphatic carbocycles. The highest BCUT2D eigenvalue weighted by molar-refractivity contribution is 8.00. The van der Waals surface area contributed by atoms with Crippen LogP contribution < -0.4 is 5.32 Å². The molecule has 26 heavy (non-hydrogen) atoms. The van der Waals surface area contributed by atoms with Gasteiger partial charge in [-0.05, 0) is 25.1 Å². The van der Waals surface area contributed by atoms with Gasteiger partial charge in [-0.15, -0.1) is 11.8 Å². The molecule has 1 N–H and O–H groups in total. The molecule has 0 aliphatic heterocycles. The van der Waals surface area contributed by atoms with Gasteiger partial charge in [-0.2, -0.15) is 13.2 Å². The monoisotopic (exact) mass is 404 g/mol. The Hall–Kier alpha value is -2.26. The van der Waals surface area contributed by atoms with Crippen LogP contribution in [0.4, 0.5) is 24.5 Å². The first-order chi connectivity index (χ1) is 12.1. The van der Waals surface area contributed by atoms with E-state index in [9.17, 15) is 28.1 Å². The van der Waals surface area contributed by atoms with Crippen LogP contribution in [0.15, 0.2) is 47.4 Å². The lowest BCUT2D eigenvalue weighted by atomic mass is 10.1. The number of halogens is 4. The molecule has 5 nitrogen and oxygen atoms in total. The van der Waals surface area contributed by atoms with E-state index in [0.29, 0.717) is 16.0 Å². The van der Waals surface area contributed by atoms with Crippen molar-refractivity contribution in [2.45, 2.75) is 23.2 Å². The van der Waals surface area contributed by atoms with Crippen LogP contribution in [0.25, 0.3) is 0 Å². The minimum atomic E-state index is -4.85. The third-order valence-electron chi connectivity index (χ3n) is 3.29. The van der Waals surface area contributed by atoms with Crippen molar-refractivity contribution in [1.82, 2.24) is 0 Å². The van der Waals surface area contributed by atoms with E-state index in [1.807, 2.05) is 0 Å². The summed E-state index contributed by atoms with van der Waals surface area (Å²) in [6, 6.07) is 8.90. The van der Waals surface area contributed by atoms with Crippen molar-refractivity contribution in [1.29, 1.82) is 0 Å². The smallest absolute Gasteiger partial charge is 0.325 e. The predicted octanol–water partition coefficient (Wildman–Crippen LogP) is 5.39. The first-order valence-electron chi connectivity index (χ1n) is 7.17. The van der Waals surface area contributed by atoms with Gasteiger partial charge in [0, 0.05) is 17.0 Å². The number of nitro benzene ring substituents is 1. The number of amides is 1. The number of carbonyl (C=O) groups is 1. The molecule has 0 radical (unpaired) electrons. The lowest BCUT2D eigenvalue weighted by molar-refractivity contribution is -0.385. The van der Waals surface area contributed by atoms with Crippen LogP contribution in [0.2, 0.25) is 5.02 Å². The number of non-ortho nitro benzene ring substituents is 1. The number of hydrogen-bond acceptors (Lipinski definition) is 4. The van der Waals surface area contributed by atoms with Gasteiger partial charge in [0.15, 0.2) is 0 Å². The van der Waals surface area contributed by atoms with E-state index in [2.05, 4.69) is 5.32 Å². The number of carbonyl (C=O) groups excluding carboxylic acids is 1. The Morgan fingerprint density at radius 2 is 1.92 bits per heavy atom. The van der Waals surface area contributed by atoms with E-state index in [-0.39, 0.29) is 0 Å². The summed E-state index contributed by atoms with van der Waals surface area (Å²) in [5.41, 5.74) is -2.54. The van der Waals surface area contributed by atoms with Crippen LogP contribution in [0.3, 0.4) is 0 Å². The molecule has 0 aliphatic rings. The minimum absolute atomic E-state index is 0.390. The summed E-state index contributed by atoms with van der Waals surface area (Å²) in [4.78, 5) is 22.6. The Labute approximate surface area is 155 Å². The van der Waals surface area contributed by atoms with Crippen molar-refractivity contribution < 1.29 is 22.9 Å². The molecule has 0 spiro atoms. The number of alkyl halides is 3. The van der Waals surface area contributed by atoms with Crippen molar-refractivity contribution in [2.24, 2.45) is 0 Å². The normalized spacial score (nSPS) is 12.5. The van der Waals surface area contributed by atoms with Crippen molar-refractivity contribution in [2.75, 3.05) is 5.32 Å². The molecule has 2 aromatic carbocycles. The van der Waals surface area contributed by atoms with Crippen LogP contribution in [-0.4, -0.2) is 16.1 Å². The summed E-state index contributed by atoms with van der Waals surface area (Å²) in [5, 5.41) is 12.5. The molecule has 0 bridgehead atoms. The van der Waals surface area contributed by atoms with Crippen molar-refractivity contribution in [3.05, 3.63) is 63.2 Å². The highest BCUT2D eigenvalue weighted by atomic mass is 35.5. The van der Waals surface area contributed by atoms with Crippen LogP contribution in [-0.2, 0) is 11.0 Å². The Bertz CT molecular complexity index is 846. The predicted molar refractivity (Wildman–Crippen MR) is 93.5 cm³/mol. The molecular weight excluding hydrogens is 393 g/mol. The fraction of sp³-hybridized carbons (Fsp3) is 0.188. The number of hydrogen-bond donors (Lipinski definition) is 1. The maximum Gasteiger partial charge on any atom is 0.418 e. The Morgan fingerprint density at radius 3 is 2.50 bits per heavy atom. The minimum Gasteiger partial charge on any atom is -0.325 e. The molecule has 10 heteroatoms. The summed E-state index contributed by atoms with van der Waals surface area (Å²) in [6.45, 7) is 1.52. The van der Waals surface area contributed by atoms with Gasteiger partial charge in [0.1, 0.15) is 0 Å². The maximum absolute atomic E-state index is 13.1. The molecule has 1 atom stereocenters. The third kappa shape index (κ3) is 4.89. The van der Waals surface area contributed by atoms with Gasteiger partial charge in [-0.1, -0.05) is 23.7 Å². The molecule has 0 heterocycles. The molecule has 0 aromatic heterocycles. The average Bonchev–Trinajstić information content (AvgIpc) is 2.56. The number of nitro groups is 1. The maximum atomic E-state index is 13.1. The van der Waals surface area contributed by atoms with Crippen LogP contribution >= 0.6 is 23.4 Å². The zero-order chi connectivity index (χ0) is 19.5. The lowest BCUT2D eigenvalue weighted by Gasteiger charge is -2.16. The molecule has 138 valence electrons. The molecule has 1 amide bonds. The zero-order valence-electron chi connectivity index (χ0n) is 13.2. The van der Waals surface area contributed by atoms with Crippen molar-refractivity contribution in [3.63, 3.8) is 0 Å². The first kappa shape index (κ1) is 20.1. The number of nitrogens with zero attached hydrogens (tertiary/aromatic N) is 1. The summed E-state index contributed by atoms with van der Waals surface area (Å²) in [7, 11) is 0. The van der Waals surface area contributed by atoms with Crippen molar-refractivity contribution in [3.8, 4) is 0 Å². The van der Waals surface area contributed by atoms with E-state index in [0.717, 1.165) is 23.9 Å². The molecule has 2 rings (SSSR count). The summed E-state index contributed by atoms with van der Waals surface area (Å²) < 4.78 is 39.4. The van der Waals surface area contributed by atoms with E-state index < -0.39 is 39.2 Å². The van der Waals surface area contributed by atoms with Gasteiger partial charge in [0.05, 0.1) is 26.4 Å². The molecule has 2 aromatic rings. The molecule has 0 fully saturated rings. The Morgan fingerprint density at radius 1 is 1.27 bits per heavy atom. The number of thioether (sulfide) groups is 1. The van der Waals surface area contributed by atoms with E-state index in [1.165, 1.54) is 6.92 Å². The molecule has 0 unspecified atom stereocenters.